The summed E-state index contributed by atoms with van der Waals surface area (Å²) in [6.45, 7) is 10.2. The molecule has 0 spiro atoms. The van der Waals surface area contributed by atoms with Gasteiger partial charge in [0.1, 0.15) is 11.8 Å². The molecule has 5 nitrogen and oxygen atoms in total. The van der Waals surface area contributed by atoms with Gasteiger partial charge >= 0.3 is 6.09 Å². The average Bonchev–Trinajstić information content (AvgIpc) is 2.26. The number of amides is 1. The minimum absolute atomic E-state index is 0.261. The van der Waals surface area contributed by atoms with Gasteiger partial charge in [-0.25, -0.2) is 4.79 Å². The fraction of sp³-hybridized carbons (Fsp3) is 0.917. The lowest BCUT2D eigenvalue weighted by molar-refractivity contribution is -0.0349. The Morgan fingerprint density at radius 2 is 1.82 bits per heavy atom. The second-order valence-electron chi connectivity index (χ2n) is 5.39. The molecule has 17 heavy (non-hydrogen) atoms. The van der Waals surface area contributed by atoms with Gasteiger partial charge in [0.2, 0.25) is 0 Å². The van der Waals surface area contributed by atoms with Crippen LogP contribution in [0.15, 0.2) is 0 Å². The third-order valence-corrected chi connectivity index (χ3v) is 2.75. The molecule has 1 aliphatic rings. The summed E-state index contributed by atoms with van der Waals surface area (Å²) < 4.78 is 5.31. The lowest BCUT2D eigenvalue weighted by Crippen LogP contribution is -2.52. The number of ether oxygens (including phenoxy) is 1. The van der Waals surface area contributed by atoms with Crippen molar-refractivity contribution in [2.45, 2.75) is 45.9 Å². The Kier molecular flexibility index (Phi) is 4.77. The predicted molar refractivity (Wildman–Crippen MR) is 65.7 cm³/mol. The van der Waals surface area contributed by atoms with Crippen LogP contribution in [-0.4, -0.2) is 59.0 Å². The van der Waals surface area contributed by atoms with Gasteiger partial charge in [-0.2, -0.15) is 0 Å². The number of carbonyl (C=O) groups is 1. The number of aliphatic hydroxyl groups is 1. The Labute approximate surface area is 103 Å². The van der Waals surface area contributed by atoms with Crippen LogP contribution in [0.4, 0.5) is 4.79 Å². The molecule has 100 valence electrons. The Balaban J connectivity index is 2.39. The molecule has 5 heteroatoms. The van der Waals surface area contributed by atoms with Crippen molar-refractivity contribution in [3.8, 4) is 0 Å². The third-order valence-electron chi connectivity index (χ3n) is 2.75. The first-order valence-corrected chi connectivity index (χ1v) is 6.23. The molecule has 1 atom stereocenters. The van der Waals surface area contributed by atoms with E-state index in [1.54, 1.807) is 4.90 Å². The molecule has 1 saturated heterocycles. The highest BCUT2D eigenvalue weighted by Crippen LogP contribution is 2.13. The first-order chi connectivity index (χ1) is 7.83. The van der Waals surface area contributed by atoms with Gasteiger partial charge in [-0.1, -0.05) is 6.92 Å². The van der Waals surface area contributed by atoms with Crippen molar-refractivity contribution in [1.82, 2.24) is 9.80 Å². The highest BCUT2D eigenvalue weighted by Gasteiger charge is 2.27. The number of hydrogen-bond donors (Lipinski definition) is 1. The van der Waals surface area contributed by atoms with E-state index in [-0.39, 0.29) is 6.09 Å². The van der Waals surface area contributed by atoms with Crippen LogP contribution < -0.4 is 0 Å². The van der Waals surface area contributed by atoms with Crippen molar-refractivity contribution in [1.29, 1.82) is 0 Å². The van der Waals surface area contributed by atoms with Gasteiger partial charge in [-0.3, -0.25) is 4.90 Å². The molecular weight excluding hydrogens is 220 g/mol. The average molecular weight is 244 g/mol. The van der Waals surface area contributed by atoms with Gasteiger partial charge in [0, 0.05) is 26.2 Å². The zero-order valence-corrected chi connectivity index (χ0v) is 11.3. The minimum atomic E-state index is -0.447. The van der Waals surface area contributed by atoms with E-state index in [0.717, 1.165) is 0 Å². The molecule has 1 rings (SSSR count). The number of carbonyl (C=O) groups excluding carboxylic acids is 1. The Morgan fingerprint density at radius 1 is 1.29 bits per heavy atom. The summed E-state index contributed by atoms with van der Waals surface area (Å²) >= 11 is 0. The van der Waals surface area contributed by atoms with E-state index >= 15 is 0 Å². The summed E-state index contributed by atoms with van der Waals surface area (Å²) in [5.41, 5.74) is -0.447. The molecule has 1 unspecified atom stereocenters. The number of aliphatic hydroxyl groups excluding tert-OH is 1. The molecular formula is C12H24N2O3. The van der Waals surface area contributed by atoms with Crippen LogP contribution in [0.3, 0.4) is 0 Å². The van der Waals surface area contributed by atoms with E-state index in [1.165, 1.54) is 0 Å². The summed E-state index contributed by atoms with van der Waals surface area (Å²) in [4.78, 5) is 15.5. The van der Waals surface area contributed by atoms with Gasteiger partial charge in [0.25, 0.3) is 0 Å². The normalized spacial score (nSPS) is 20.2. The van der Waals surface area contributed by atoms with Crippen molar-refractivity contribution >= 4 is 6.09 Å². The first-order valence-electron chi connectivity index (χ1n) is 6.23. The highest BCUT2D eigenvalue weighted by atomic mass is 16.6. The monoisotopic (exact) mass is 244 g/mol. The van der Waals surface area contributed by atoms with Gasteiger partial charge in [-0.05, 0) is 27.2 Å². The van der Waals surface area contributed by atoms with E-state index in [9.17, 15) is 9.90 Å². The van der Waals surface area contributed by atoms with Crippen LogP contribution in [-0.2, 0) is 4.74 Å². The van der Waals surface area contributed by atoms with Crippen molar-refractivity contribution < 1.29 is 14.6 Å². The largest absolute Gasteiger partial charge is 0.444 e. The standard InChI is InChI=1S/C12H24N2O3/c1-5-10(15)13-6-8-14(9-7-13)11(16)17-12(2,3)4/h10,15H,5-9H2,1-4H3. The molecule has 0 aromatic carbocycles. The first kappa shape index (κ1) is 14.3. The van der Waals surface area contributed by atoms with Crippen LogP contribution in [0, 0.1) is 0 Å². The molecule has 0 aromatic heterocycles. The Morgan fingerprint density at radius 3 is 2.24 bits per heavy atom. The fourth-order valence-corrected chi connectivity index (χ4v) is 1.79. The molecule has 0 bridgehead atoms. The Hall–Kier alpha value is -0.810. The van der Waals surface area contributed by atoms with Crippen LogP contribution in [0.25, 0.3) is 0 Å². The number of hydrogen-bond acceptors (Lipinski definition) is 4. The topological polar surface area (TPSA) is 53.0 Å². The highest BCUT2D eigenvalue weighted by molar-refractivity contribution is 5.68. The van der Waals surface area contributed by atoms with E-state index in [4.69, 9.17) is 4.74 Å². The van der Waals surface area contributed by atoms with Gasteiger partial charge in [0.05, 0.1) is 0 Å². The lowest BCUT2D eigenvalue weighted by Gasteiger charge is -2.37. The van der Waals surface area contributed by atoms with Gasteiger partial charge in [-0.15, -0.1) is 0 Å². The fourth-order valence-electron chi connectivity index (χ4n) is 1.79. The molecule has 1 heterocycles. The molecule has 0 radical (unpaired) electrons. The van der Waals surface area contributed by atoms with Crippen LogP contribution in [0.2, 0.25) is 0 Å². The summed E-state index contributed by atoms with van der Waals surface area (Å²) in [6, 6.07) is 0. The molecule has 0 saturated carbocycles. The minimum Gasteiger partial charge on any atom is -0.444 e. The van der Waals surface area contributed by atoms with Crippen molar-refractivity contribution in [2.24, 2.45) is 0 Å². The van der Waals surface area contributed by atoms with E-state index < -0.39 is 11.8 Å². The third kappa shape index (κ3) is 4.52. The smallest absolute Gasteiger partial charge is 0.410 e. The Bertz CT molecular complexity index is 255. The molecule has 1 fully saturated rings. The van der Waals surface area contributed by atoms with Crippen molar-refractivity contribution in [3.63, 3.8) is 0 Å². The van der Waals surface area contributed by atoms with E-state index in [2.05, 4.69) is 0 Å². The number of rotatable bonds is 2. The maximum absolute atomic E-state index is 11.8. The summed E-state index contributed by atoms with van der Waals surface area (Å²) in [5.74, 6) is 0. The quantitative estimate of drug-likeness (QED) is 0.794. The second kappa shape index (κ2) is 5.69. The van der Waals surface area contributed by atoms with Crippen LogP contribution >= 0.6 is 0 Å². The SMILES string of the molecule is CCC(O)N1CCN(C(=O)OC(C)(C)C)CC1. The number of nitrogens with zero attached hydrogens (tertiary/aromatic N) is 2. The predicted octanol–water partition coefficient (Wildman–Crippen LogP) is 1.27. The van der Waals surface area contributed by atoms with Crippen molar-refractivity contribution in [3.05, 3.63) is 0 Å². The summed E-state index contributed by atoms with van der Waals surface area (Å²) in [5, 5.41) is 9.69. The lowest BCUT2D eigenvalue weighted by atomic mass is 10.2. The maximum Gasteiger partial charge on any atom is 0.410 e. The molecule has 0 aliphatic carbocycles. The van der Waals surface area contributed by atoms with Crippen LogP contribution in [0.5, 0.6) is 0 Å². The number of piperazine rings is 1. The summed E-state index contributed by atoms with van der Waals surface area (Å²) in [7, 11) is 0. The maximum atomic E-state index is 11.8. The van der Waals surface area contributed by atoms with E-state index in [0.29, 0.717) is 32.6 Å². The second-order valence-corrected chi connectivity index (χ2v) is 5.39. The van der Waals surface area contributed by atoms with Crippen molar-refractivity contribution in [2.75, 3.05) is 26.2 Å². The molecule has 1 aliphatic heterocycles. The zero-order chi connectivity index (χ0) is 13.1. The zero-order valence-electron chi connectivity index (χ0n) is 11.3. The summed E-state index contributed by atoms with van der Waals surface area (Å²) in [6.07, 6.45) is 0.0609. The molecule has 1 N–H and O–H groups in total. The van der Waals surface area contributed by atoms with Gasteiger partial charge < -0.3 is 14.7 Å². The van der Waals surface area contributed by atoms with E-state index in [1.807, 2.05) is 32.6 Å². The molecule has 1 amide bonds. The van der Waals surface area contributed by atoms with Crippen LogP contribution in [0.1, 0.15) is 34.1 Å². The van der Waals surface area contributed by atoms with Gasteiger partial charge in [0.15, 0.2) is 0 Å². The molecule has 0 aromatic rings.